The molecule has 32 heavy (non-hydrogen) atoms. The SMILES string of the molecule is COC1CC(/C=C/C(=O)CC(=O)/C=C/C2CC(OC)C(O)CC2CCN)CCC1O.O.O. The highest BCUT2D eigenvalue weighted by Gasteiger charge is 2.34. The van der Waals surface area contributed by atoms with E-state index >= 15 is 0 Å². The van der Waals surface area contributed by atoms with E-state index in [0.717, 1.165) is 12.8 Å². The number of methoxy groups -OCH3 is 2. The summed E-state index contributed by atoms with van der Waals surface area (Å²) in [5.74, 6) is 0.00864. The van der Waals surface area contributed by atoms with Crippen molar-refractivity contribution in [3.8, 4) is 0 Å². The van der Waals surface area contributed by atoms with Crippen LogP contribution in [0.2, 0.25) is 0 Å². The maximum atomic E-state index is 12.3. The van der Waals surface area contributed by atoms with Crippen molar-refractivity contribution in [3.63, 3.8) is 0 Å². The molecule has 7 atom stereocenters. The maximum absolute atomic E-state index is 12.3. The van der Waals surface area contributed by atoms with Crippen LogP contribution in [0.15, 0.2) is 24.3 Å². The number of carbonyl (C=O) groups excluding carboxylic acids is 2. The van der Waals surface area contributed by atoms with Gasteiger partial charge in [-0.15, -0.1) is 0 Å². The molecular formula is C23H41NO8. The zero-order valence-corrected chi connectivity index (χ0v) is 19.1. The van der Waals surface area contributed by atoms with Gasteiger partial charge >= 0.3 is 0 Å². The quantitative estimate of drug-likeness (QED) is 0.301. The van der Waals surface area contributed by atoms with Crippen molar-refractivity contribution in [3.05, 3.63) is 24.3 Å². The number of aliphatic hydroxyl groups is 2. The lowest BCUT2D eigenvalue weighted by atomic mass is 9.74. The van der Waals surface area contributed by atoms with Gasteiger partial charge in [0.2, 0.25) is 0 Å². The van der Waals surface area contributed by atoms with Crippen molar-refractivity contribution >= 4 is 11.6 Å². The van der Waals surface area contributed by atoms with Crippen LogP contribution in [0.1, 0.15) is 44.9 Å². The van der Waals surface area contributed by atoms with Gasteiger partial charge in [-0.2, -0.15) is 0 Å². The van der Waals surface area contributed by atoms with E-state index in [0.29, 0.717) is 32.2 Å². The first-order chi connectivity index (χ1) is 14.4. The van der Waals surface area contributed by atoms with E-state index in [2.05, 4.69) is 0 Å². The fraction of sp³-hybridized carbons (Fsp3) is 0.739. The van der Waals surface area contributed by atoms with Crippen molar-refractivity contribution in [1.29, 1.82) is 0 Å². The Bertz CT molecular complexity index is 623. The minimum absolute atomic E-state index is 0. The number of hydrogen-bond donors (Lipinski definition) is 3. The Hall–Kier alpha value is -1.46. The molecule has 2 rings (SSSR count). The van der Waals surface area contributed by atoms with Crippen molar-refractivity contribution < 1.29 is 40.2 Å². The van der Waals surface area contributed by atoms with Crippen LogP contribution >= 0.6 is 0 Å². The molecular weight excluding hydrogens is 418 g/mol. The summed E-state index contributed by atoms with van der Waals surface area (Å²) in [5.41, 5.74) is 5.70. The fourth-order valence-electron chi connectivity index (χ4n) is 4.63. The summed E-state index contributed by atoms with van der Waals surface area (Å²) in [4.78, 5) is 24.4. The summed E-state index contributed by atoms with van der Waals surface area (Å²) in [7, 11) is 3.16. The number of ether oxygens (including phenoxy) is 2. The second-order valence-electron chi connectivity index (χ2n) is 8.56. The molecule has 9 nitrogen and oxygen atoms in total. The number of hydrogen-bond acceptors (Lipinski definition) is 7. The molecule has 0 radical (unpaired) electrons. The molecule has 2 aliphatic carbocycles. The summed E-state index contributed by atoms with van der Waals surface area (Å²) < 4.78 is 10.6. The zero-order chi connectivity index (χ0) is 22.1. The van der Waals surface area contributed by atoms with Crippen LogP contribution in [0.25, 0.3) is 0 Å². The molecule has 0 aromatic carbocycles. The molecule has 0 saturated heterocycles. The van der Waals surface area contributed by atoms with Gasteiger partial charge in [-0.05, 0) is 75.0 Å². The summed E-state index contributed by atoms with van der Waals surface area (Å²) >= 11 is 0. The third-order valence-electron chi connectivity index (χ3n) is 6.46. The number of nitrogens with two attached hydrogens (primary N) is 1. The van der Waals surface area contributed by atoms with E-state index < -0.39 is 12.2 Å². The van der Waals surface area contributed by atoms with Gasteiger partial charge in [-0.3, -0.25) is 9.59 Å². The van der Waals surface area contributed by atoms with Crippen molar-refractivity contribution in [2.24, 2.45) is 23.5 Å². The summed E-state index contributed by atoms with van der Waals surface area (Å²) in [5, 5.41) is 20.0. The molecule has 2 fully saturated rings. The number of rotatable bonds is 10. The first-order valence-electron chi connectivity index (χ1n) is 10.9. The van der Waals surface area contributed by atoms with Crippen LogP contribution in [0.4, 0.5) is 0 Å². The second-order valence-corrected chi connectivity index (χ2v) is 8.56. The highest BCUT2D eigenvalue weighted by atomic mass is 16.5. The Labute approximate surface area is 190 Å². The first-order valence-corrected chi connectivity index (χ1v) is 10.9. The summed E-state index contributed by atoms with van der Waals surface area (Å²) in [6.45, 7) is 0.527. The fourth-order valence-corrected chi connectivity index (χ4v) is 4.63. The van der Waals surface area contributed by atoms with E-state index in [-0.39, 0.29) is 58.9 Å². The van der Waals surface area contributed by atoms with Gasteiger partial charge in [0.05, 0.1) is 30.8 Å². The Kier molecular flexibility index (Phi) is 14.7. The molecule has 0 aliphatic heterocycles. The average molecular weight is 460 g/mol. The van der Waals surface area contributed by atoms with Gasteiger partial charge < -0.3 is 36.4 Å². The van der Waals surface area contributed by atoms with E-state index in [1.807, 2.05) is 12.2 Å². The van der Waals surface area contributed by atoms with Gasteiger partial charge in [0, 0.05) is 14.2 Å². The molecule has 0 amide bonds. The minimum Gasteiger partial charge on any atom is -0.412 e. The van der Waals surface area contributed by atoms with E-state index in [1.165, 1.54) is 12.2 Å². The molecule has 2 aliphatic rings. The lowest BCUT2D eigenvalue weighted by Crippen LogP contribution is -2.40. The topological polar surface area (TPSA) is 182 Å². The summed E-state index contributed by atoms with van der Waals surface area (Å²) in [6, 6.07) is 0. The van der Waals surface area contributed by atoms with Gasteiger partial charge in [-0.1, -0.05) is 12.2 Å². The highest BCUT2D eigenvalue weighted by molar-refractivity contribution is 6.08. The van der Waals surface area contributed by atoms with Crippen LogP contribution in [-0.2, 0) is 19.1 Å². The lowest BCUT2D eigenvalue weighted by molar-refractivity contribution is -0.122. The number of allylic oxidation sites excluding steroid dienone is 4. The molecule has 7 unspecified atom stereocenters. The van der Waals surface area contributed by atoms with Crippen molar-refractivity contribution in [2.45, 2.75) is 69.4 Å². The molecule has 0 heterocycles. The highest BCUT2D eigenvalue weighted by Crippen LogP contribution is 2.34. The van der Waals surface area contributed by atoms with Gasteiger partial charge in [0.1, 0.15) is 0 Å². The molecule has 2 saturated carbocycles. The van der Waals surface area contributed by atoms with Crippen molar-refractivity contribution in [1.82, 2.24) is 0 Å². The molecule has 0 aromatic rings. The Morgan fingerprint density at radius 3 is 2.09 bits per heavy atom. The maximum Gasteiger partial charge on any atom is 0.163 e. The Balaban J connectivity index is 0.00000480. The third-order valence-corrected chi connectivity index (χ3v) is 6.46. The van der Waals surface area contributed by atoms with Crippen LogP contribution < -0.4 is 5.73 Å². The number of carbonyl (C=O) groups is 2. The largest absolute Gasteiger partial charge is 0.412 e. The Morgan fingerprint density at radius 1 is 0.906 bits per heavy atom. The van der Waals surface area contributed by atoms with Crippen LogP contribution in [0, 0.1) is 17.8 Å². The van der Waals surface area contributed by atoms with E-state index in [1.54, 1.807) is 14.2 Å². The number of ketones is 2. The standard InChI is InChI=1S/C23H37NO6.2H2O/c1-29-22-11-15(4-8-20(22)27)3-6-18(25)14-19(26)7-5-16-13-23(30-2)21(28)12-17(16)9-10-24;;/h3,5-7,15-17,20-23,27-28H,4,8-14,24H2,1-2H3;2*1H2/b6-3+,7-5+;;. The molecule has 0 spiro atoms. The van der Waals surface area contributed by atoms with Crippen LogP contribution in [-0.4, -0.2) is 77.9 Å². The molecule has 8 N–H and O–H groups in total. The van der Waals surface area contributed by atoms with Gasteiger partial charge in [0.15, 0.2) is 11.6 Å². The molecule has 9 heteroatoms. The predicted molar refractivity (Wildman–Crippen MR) is 121 cm³/mol. The van der Waals surface area contributed by atoms with E-state index in [4.69, 9.17) is 15.2 Å². The smallest absolute Gasteiger partial charge is 0.163 e. The average Bonchev–Trinajstić information content (AvgIpc) is 2.72. The van der Waals surface area contributed by atoms with Gasteiger partial charge in [0.25, 0.3) is 0 Å². The molecule has 186 valence electrons. The molecule has 0 bridgehead atoms. The van der Waals surface area contributed by atoms with Crippen LogP contribution in [0.5, 0.6) is 0 Å². The van der Waals surface area contributed by atoms with Crippen LogP contribution in [0.3, 0.4) is 0 Å². The first kappa shape index (κ1) is 30.5. The van der Waals surface area contributed by atoms with E-state index in [9.17, 15) is 19.8 Å². The minimum atomic E-state index is -0.516. The van der Waals surface area contributed by atoms with Gasteiger partial charge in [-0.25, -0.2) is 0 Å². The predicted octanol–water partition coefficient (Wildman–Crippen LogP) is -0.0954. The zero-order valence-electron chi connectivity index (χ0n) is 19.1. The Morgan fingerprint density at radius 2 is 1.50 bits per heavy atom. The normalized spacial score (nSPS) is 33.0. The summed E-state index contributed by atoms with van der Waals surface area (Å²) in [6.07, 6.45) is 9.18. The monoisotopic (exact) mass is 459 g/mol. The lowest BCUT2D eigenvalue weighted by Gasteiger charge is -2.37. The number of aliphatic hydroxyl groups excluding tert-OH is 2. The van der Waals surface area contributed by atoms with Crippen molar-refractivity contribution in [2.75, 3.05) is 20.8 Å². The third kappa shape index (κ3) is 9.19. The second kappa shape index (κ2) is 15.4. The molecule has 0 aromatic heterocycles.